The molecule has 4 heteroatoms. The lowest BCUT2D eigenvalue weighted by molar-refractivity contribution is -0.141. The van der Waals surface area contributed by atoms with Crippen molar-refractivity contribution in [2.24, 2.45) is 5.92 Å². The molecule has 0 bridgehead atoms. The topological polar surface area (TPSA) is 41.6 Å². The van der Waals surface area contributed by atoms with Gasteiger partial charge in [-0.25, -0.2) is 0 Å². The number of likely N-dealkylation sites (tertiary alicyclic amines) is 1. The van der Waals surface area contributed by atoms with Crippen LogP contribution in [-0.2, 0) is 9.53 Å². The number of ether oxygens (including phenoxy) is 1. The third-order valence-electron chi connectivity index (χ3n) is 3.87. The van der Waals surface area contributed by atoms with E-state index < -0.39 is 0 Å². The summed E-state index contributed by atoms with van der Waals surface area (Å²) in [5.74, 6) is 0.961. The minimum atomic E-state index is 0.137. The first-order chi connectivity index (χ1) is 7.72. The van der Waals surface area contributed by atoms with Crippen LogP contribution < -0.4 is 5.32 Å². The van der Waals surface area contributed by atoms with Crippen molar-refractivity contribution in [2.45, 2.75) is 38.3 Å². The summed E-state index contributed by atoms with van der Waals surface area (Å²) in [5, 5.41) is 3.42. The fraction of sp³-hybridized carbons (Fsp3) is 0.917. The van der Waals surface area contributed by atoms with E-state index in [9.17, 15) is 4.79 Å². The number of carbonyl (C=O) groups excluding carboxylic acids is 1. The third kappa shape index (κ3) is 2.38. The smallest absolute Gasteiger partial charge is 0.222 e. The number of fused-ring (bicyclic) bond motifs is 1. The fourth-order valence-electron chi connectivity index (χ4n) is 2.84. The molecule has 2 aliphatic heterocycles. The molecule has 3 atom stereocenters. The lowest BCUT2D eigenvalue weighted by Gasteiger charge is -2.44. The Morgan fingerprint density at radius 2 is 2.38 bits per heavy atom. The summed E-state index contributed by atoms with van der Waals surface area (Å²) in [4.78, 5) is 14.0. The summed E-state index contributed by atoms with van der Waals surface area (Å²) in [6, 6.07) is 0.445. The van der Waals surface area contributed by atoms with Gasteiger partial charge in [-0.2, -0.15) is 0 Å². The van der Waals surface area contributed by atoms with E-state index in [-0.39, 0.29) is 6.10 Å². The summed E-state index contributed by atoms with van der Waals surface area (Å²) in [6.07, 6.45) is 2.98. The number of nitrogens with zero attached hydrogens (tertiary/aromatic N) is 1. The van der Waals surface area contributed by atoms with Gasteiger partial charge in [-0.1, -0.05) is 0 Å². The SMILES string of the molecule is COC(C)CN1C(=O)CCC2CNCCC21. The number of nitrogens with one attached hydrogen (secondary N) is 1. The van der Waals surface area contributed by atoms with Crippen LogP contribution in [0, 0.1) is 5.92 Å². The maximum Gasteiger partial charge on any atom is 0.222 e. The molecule has 2 fully saturated rings. The Morgan fingerprint density at radius 1 is 1.56 bits per heavy atom. The van der Waals surface area contributed by atoms with Gasteiger partial charge < -0.3 is 15.0 Å². The van der Waals surface area contributed by atoms with Crippen LogP contribution in [0.1, 0.15) is 26.2 Å². The van der Waals surface area contributed by atoms with Gasteiger partial charge in [-0.3, -0.25) is 4.79 Å². The van der Waals surface area contributed by atoms with Gasteiger partial charge in [0.25, 0.3) is 0 Å². The second-order valence-electron chi connectivity index (χ2n) is 4.95. The molecule has 0 radical (unpaired) electrons. The van der Waals surface area contributed by atoms with E-state index in [0.717, 1.165) is 32.5 Å². The number of piperidine rings is 2. The molecular formula is C12H22N2O2. The summed E-state index contributed by atoms with van der Waals surface area (Å²) in [7, 11) is 1.71. The summed E-state index contributed by atoms with van der Waals surface area (Å²) < 4.78 is 5.27. The molecule has 2 saturated heterocycles. The Labute approximate surface area is 97.3 Å². The normalized spacial score (nSPS) is 32.4. The third-order valence-corrected chi connectivity index (χ3v) is 3.87. The number of methoxy groups -OCH3 is 1. The molecule has 3 unspecified atom stereocenters. The van der Waals surface area contributed by atoms with Crippen LogP contribution in [0.5, 0.6) is 0 Å². The molecule has 16 heavy (non-hydrogen) atoms. The highest BCUT2D eigenvalue weighted by Crippen LogP contribution is 2.28. The quantitative estimate of drug-likeness (QED) is 0.767. The van der Waals surface area contributed by atoms with Gasteiger partial charge in [0.05, 0.1) is 6.10 Å². The van der Waals surface area contributed by atoms with E-state index in [4.69, 9.17) is 4.74 Å². The molecular weight excluding hydrogens is 204 g/mol. The summed E-state index contributed by atoms with van der Waals surface area (Å²) >= 11 is 0. The minimum Gasteiger partial charge on any atom is -0.380 e. The predicted octanol–water partition coefficient (Wildman–Crippen LogP) is 0.622. The molecule has 1 N–H and O–H groups in total. The maximum atomic E-state index is 12.0. The monoisotopic (exact) mass is 226 g/mol. The first-order valence-corrected chi connectivity index (χ1v) is 6.25. The summed E-state index contributed by atoms with van der Waals surface area (Å²) in [5.41, 5.74) is 0. The Hall–Kier alpha value is -0.610. The van der Waals surface area contributed by atoms with E-state index in [1.807, 2.05) is 6.92 Å². The van der Waals surface area contributed by atoms with Crippen LogP contribution in [0.2, 0.25) is 0 Å². The zero-order valence-electron chi connectivity index (χ0n) is 10.2. The van der Waals surface area contributed by atoms with Crippen molar-refractivity contribution in [2.75, 3.05) is 26.7 Å². The highest BCUT2D eigenvalue weighted by Gasteiger charge is 2.37. The zero-order chi connectivity index (χ0) is 11.5. The Morgan fingerprint density at radius 3 is 3.12 bits per heavy atom. The van der Waals surface area contributed by atoms with E-state index in [1.165, 1.54) is 0 Å². The molecule has 2 rings (SSSR count). The zero-order valence-corrected chi connectivity index (χ0v) is 10.2. The first-order valence-electron chi connectivity index (χ1n) is 6.25. The number of amides is 1. The van der Waals surface area contributed by atoms with Gasteiger partial charge in [0, 0.05) is 26.1 Å². The molecule has 0 aromatic heterocycles. The average Bonchev–Trinajstić information content (AvgIpc) is 2.32. The van der Waals surface area contributed by atoms with Crippen molar-refractivity contribution < 1.29 is 9.53 Å². The Bertz CT molecular complexity index is 257. The second-order valence-corrected chi connectivity index (χ2v) is 4.95. The van der Waals surface area contributed by atoms with E-state index in [1.54, 1.807) is 7.11 Å². The second kappa shape index (κ2) is 5.15. The number of carbonyl (C=O) groups is 1. The molecule has 4 nitrogen and oxygen atoms in total. The average molecular weight is 226 g/mol. The van der Waals surface area contributed by atoms with Crippen molar-refractivity contribution in [1.82, 2.24) is 10.2 Å². The van der Waals surface area contributed by atoms with Crippen LogP contribution in [0.25, 0.3) is 0 Å². The number of hydrogen-bond acceptors (Lipinski definition) is 3. The van der Waals surface area contributed by atoms with Gasteiger partial charge in [0.15, 0.2) is 0 Å². The van der Waals surface area contributed by atoms with E-state index in [2.05, 4.69) is 10.2 Å². The number of hydrogen-bond donors (Lipinski definition) is 1. The lowest BCUT2D eigenvalue weighted by Crippen LogP contribution is -2.56. The van der Waals surface area contributed by atoms with E-state index in [0.29, 0.717) is 24.3 Å². The number of rotatable bonds is 3. The van der Waals surface area contributed by atoms with Crippen molar-refractivity contribution in [3.05, 3.63) is 0 Å². The van der Waals surface area contributed by atoms with Crippen LogP contribution >= 0.6 is 0 Å². The van der Waals surface area contributed by atoms with Gasteiger partial charge in [0.2, 0.25) is 5.91 Å². The molecule has 1 amide bonds. The Balaban J connectivity index is 2.03. The maximum absolute atomic E-state index is 12.0. The molecule has 2 heterocycles. The van der Waals surface area contributed by atoms with Crippen LogP contribution in [0.15, 0.2) is 0 Å². The van der Waals surface area contributed by atoms with Gasteiger partial charge in [0.1, 0.15) is 0 Å². The van der Waals surface area contributed by atoms with Crippen molar-refractivity contribution in [3.8, 4) is 0 Å². The highest BCUT2D eigenvalue weighted by atomic mass is 16.5. The largest absolute Gasteiger partial charge is 0.380 e. The van der Waals surface area contributed by atoms with Gasteiger partial charge in [-0.15, -0.1) is 0 Å². The molecule has 92 valence electrons. The molecule has 0 aromatic carbocycles. The summed E-state index contributed by atoms with van der Waals surface area (Å²) in [6.45, 7) is 4.87. The molecule has 0 aliphatic carbocycles. The van der Waals surface area contributed by atoms with Crippen molar-refractivity contribution in [3.63, 3.8) is 0 Å². The fourth-order valence-corrected chi connectivity index (χ4v) is 2.84. The van der Waals surface area contributed by atoms with Crippen molar-refractivity contribution in [1.29, 1.82) is 0 Å². The molecule has 0 spiro atoms. The standard InChI is InChI=1S/C12H22N2O2/c1-9(16-2)8-14-11-5-6-13-7-10(11)3-4-12(14)15/h9-11,13H,3-8H2,1-2H3. The minimum absolute atomic E-state index is 0.137. The van der Waals surface area contributed by atoms with Crippen LogP contribution in [0.3, 0.4) is 0 Å². The predicted molar refractivity (Wildman–Crippen MR) is 62.2 cm³/mol. The van der Waals surface area contributed by atoms with Crippen LogP contribution in [0.4, 0.5) is 0 Å². The molecule has 0 saturated carbocycles. The molecule has 0 aromatic rings. The molecule has 2 aliphatic rings. The van der Waals surface area contributed by atoms with Crippen LogP contribution in [-0.4, -0.2) is 49.7 Å². The van der Waals surface area contributed by atoms with Gasteiger partial charge >= 0.3 is 0 Å². The van der Waals surface area contributed by atoms with Gasteiger partial charge in [-0.05, 0) is 38.8 Å². The first kappa shape index (κ1) is 11.9. The highest BCUT2D eigenvalue weighted by molar-refractivity contribution is 5.77. The lowest BCUT2D eigenvalue weighted by atomic mass is 9.84. The van der Waals surface area contributed by atoms with Crippen molar-refractivity contribution >= 4 is 5.91 Å². The Kier molecular flexibility index (Phi) is 3.82. The van der Waals surface area contributed by atoms with E-state index >= 15 is 0 Å².